The van der Waals surface area contributed by atoms with E-state index in [1.807, 2.05) is 0 Å². The van der Waals surface area contributed by atoms with E-state index >= 15 is 0 Å². The molecule has 0 aliphatic rings. The molecule has 0 saturated heterocycles. The van der Waals surface area contributed by atoms with Gasteiger partial charge in [-0.05, 0) is 42.5 Å². The molecule has 0 unspecified atom stereocenters. The van der Waals surface area contributed by atoms with Gasteiger partial charge in [0.05, 0.1) is 17.1 Å². The first-order valence-electron chi connectivity index (χ1n) is 7.25. The molecule has 1 N–H and O–H groups in total. The number of amides is 2. The minimum atomic E-state index is -4.63. The summed E-state index contributed by atoms with van der Waals surface area (Å²) in [5.74, 6) is -1.02. The van der Waals surface area contributed by atoms with Crippen LogP contribution in [0.15, 0.2) is 46.9 Å². The Balaban J connectivity index is 2.04. The molecule has 0 heterocycles. The Labute approximate surface area is 161 Å². The third-order valence-corrected chi connectivity index (χ3v) is 4.23. The maximum atomic E-state index is 12.8. The van der Waals surface area contributed by atoms with E-state index in [0.29, 0.717) is 5.56 Å². The van der Waals surface area contributed by atoms with Crippen molar-refractivity contribution in [3.05, 3.63) is 63.1 Å². The highest BCUT2D eigenvalue weighted by molar-refractivity contribution is 9.10. The minimum Gasteiger partial charge on any atom is -0.332 e. The second-order valence-electron chi connectivity index (χ2n) is 5.41. The smallest absolute Gasteiger partial charge is 0.332 e. The van der Waals surface area contributed by atoms with Crippen LogP contribution in [0, 0.1) is 0 Å². The van der Waals surface area contributed by atoms with Crippen molar-refractivity contribution in [1.82, 2.24) is 4.90 Å². The lowest BCUT2D eigenvalue weighted by Crippen LogP contribution is -2.34. The predicted molar refractivity (Wildman–Crippen MR) is 96.2 cm³/mol. The lowest BCUT2D eigenvalue weighted by molar-refractivity contribution is -0.137. The fraction of sp³-hybridized carbons (Fsp3) is 0.176. The Hall–Kier alpha value is -2.06. The summed E-state index contributed by atoms with van der Waals surface area (Å²) in [5.41, 5.74) is -0.721. The molecule has 0 saturated carbocycles. The molecule has 0 radical (unpaired) electrons. The van der Waals surface area contributed by atoms with Gasteiger partial charge in [-0.1, -0.05) is 27.5 Å². The van der Waals surface area contributed by atoms with Gasteiger partial charge in [0, 0.05) is 22.8 Å². The largest absolute Gasteiger partial charge is 0.417 e. The molecule has 0 spiro atoms. The highest BCUT2D eigenvalue weighted by atomic mass is 79.9. The van der Waals surface area contributed by atoms with Gasteiger partial charge in [0.1, 0.15) is 0 Å². The van der Waals surface area contributed by atoms with Crippen LogP contribution in [0.25, 0.3) is 0 Å². The van der Waals surface area contributed by atoms with Crippen LogP contribution in [0.4, 0.5) is 18.9 Å². The van der Waals surface area contributed by atoms with Gasteiger partial charge in [-0.15, -0.1) is 0 Å². The molecule has 2 amide bonds. The zero-order chi connectivity index (χ0) is 19.5. The average Bonchev–Trinajstić information content (AvgIpc) is 2.55. The number of nitrogens with zero attached hydrogens (tertiary/aromatic N) is 1. The number of hydrogen-bond acceptors (Lipinski definition) is 2. The molecule has 26 heavy (non-hydrogen) atoms. The van der Waals surface area contributed by atoms with Crippen LogP contribution in [0.5, 0.6) is 0 Å². The summed E-state index contributed by atoms with van der Waals surface area (Å²) < 4.78 is 39.3. The number of alkyl halides is 3. The number of benzene rings is 2. The molecule has 138 valence electrons. The Morgan fingerprint density at radius 1 is 1.15 bits per heavy atom. The highest BCUT2D eigenvalue weighted by Gasteiger charge is 2.33. The second-order valence-corrected chi connectivity index (χ2v) is 6.73. The summed E-state index contributed by atoms with van der Waals surface area (Å²) in [4.78, 5) is 25.4. The van der Waals surface area contributed by atoms with Crippen molar-refractivity contribution < 1.29 is 22.8 Å². The first-order chi connectivity index (χ1) is 12.1. The topological polar surface area (TPSA) is 49.4 Å². The van der Waals surface area contributed by atoms with Gasteiger partial charge in [0.2, 0.25) is 5.91 Å². The maximum Gasteiger partial charge on any atom is 0.417 e. The summed E-state index contributed by atoms with van der Waals surface area (Å²) >= 11 is 8.79. The van der Waals surface area contributed by atoms with Crippen LogP contribution in [0.1, 0.15) is 15.9 Å². The van der Waals surface area contributed by atoms with Crippen molar-refractivity contribution in [2.24, 2.45) is 0 Å². The van der Waals surface area contributed by atoms with E-state index in [9.17, 15) is 22.8 Å². The molecule has 2 aromatic carbocycles. The van der Waals surface area contributed by atoms with Gasteiger partial charge in [0.25, 0.3) is 5.91 Å². The number of rotatable bonds is 4. The molecule has 2 aromatic rings. The molecule has 2 rings (SSSR count). The van der Waals surface area contributed by atoms with Gasteiger partial charge in [0.15, 0.2) is 0 Å². The van der Waals surface area contributed by atoms with E-state index in [4.69, 9.17) is 11.6 Å². The second kappa shape index (κ2) is 8.09. The molecule has 0 fully saturated rings. The number of carbonyl (C=O) groups is 2. The van der Waals surface area contributed by atoms with Crippen molar-refractivity contribution in [2.45, 2.75) is 6.18 Å². The molecule has 0 bridgehead atoms. The van der Waals surface area contributed by atoms with Crippen LogP contribution in [0.3, 0.4) is 0 Å². The molecular weight excluding hydrogens is 437 g/mol. The van der Waals surface area contributed by atoms with E-state index in [1.165, 1.54) is 18.0 Å². The number of likely N-dealkylation sites (N-methyl/N-ethyl adjacent to an activating group) is 1. The van der Waals surface area contributed by atoms with Crippen molar-refractivity contribution in [2.75, 3.05) is 18.9 Å². The first kappa shape index (κ1) is 20.3. The van der Waals surface area contributed by atoms with E-state index in [2.05, 4.69) is 21.2 Å². The first-order valence-corrected chi connectivity index (χ1v) is 8.42. The summed E-state index contributed by atoms with van der Waals surface area (Å²) in [6, 6.07) is 9.62. The van der Waals surface area contributed by atoms with Gasteiger partial charge < -0.3 is 10.2 Å². The van der Waals surface area contributed by atoms with Gasteiger partial charge in [-0.3, -0.25) is 9.59 Å². The van der Waals surface area contributed by atoms with Crippen molar-refractivity contribution in [1.29, 1.82) is 0 Å². The van der Waals surface area contributed by atoms with Crippen molar-refractivity contribution >= 4 is 45.0 Å². The predicted octanol–water partition coefficient (Wildman–Crippen LogP) is 4.83. The van der Waals surface area contributed by atoms with E-state index < -0.39 is 22.7 Å². The zero-order valence-electron chi connectivity index (χ0n) is 13.4. The fourth-order valence-corrected chi connectivity index (χ4v) is 2.61. The third kappa shape index (κ3) is 5.22. The molecule has 0 aliphatic carbocycles. The SMILES string of the molecule is CN(CC(=O)Nc1ccc(Cl)c(C(F)(F)F)c1)C(=O)c1ccc(Br)cc1. The van der Waals surface area contributed by atoms with Crippen LogP contribution >= 0.6 is 27.5 Å². The van der Waals surface area contributed by atoms with E-state index in [0.717, 1.165) is 16.6 Å². The number of anilines is 1. The standard InChI is InChI=1S/C17H13BrClF3N2O2/c1-24(16(26)10-2-4-11(18)5-3-10)9-15(25)23-12-6-7-14(19)13(8-12)17(20,21)22/h2-8H,9H2,1H3,(H,23,25). The normalized spacial score (nSPS) is 11.2. The number of carbonyl (C=O) groups excluding carboxylic acids is 2. The van der Waals surface area contributed by atoms with Crippen LogP contribution < -0.4 is 5.32 Å². The Morgan fingerprint density at radius 3 is 2.35 bits per heavy atom. The van der Waals surface area contributed by atoms with Gasteiger partial charge in [-0.2, -0.15) is 13.2 Å². The summed E-state index contributed by atoms with van der Waals surface area (Å²) in [6.45, 7) is -0.321. The molecular formula is C17H13BrClF3N2O2. The van der Waals surface area contributed by atoms with Crippen molar-refractivity contribution in [3.63, 3.8) is 0 Å². The molecule has 4 nitrogen and oxygen atoms in total. The van der Waals surface area contributed by atoms with Gasteiger partial charge in [-0.25, -0.2) is 0 Å². The van der Waals surface area contributed by atoms with E-state index in [1.54, 1.807) is 24.3 Å². The minimum absolute atomic E-state index is 0.0591. The maximum absolute atomic E-state index is 12.8. The number of hydrogen-bond donors (Lipinski definition) is 1. The van der Waals surface area contributed by atoms with Crippen molar-refractivity contribution in [3.8, 4) is 0 Å². The monoisotopic (exact) mass is 448 g/mol. The third-order valence-electron chi connectivity index (χ3n) is 3.37. The molecule has 0 atom stereocenters. The highest BCUT2D eigenvalue weighted by Crippen LogP contribution is 2.36. The Bertz CT molecular complexity index is 826. The summed E-state index contributed by atoms with van der Waals surface area (Å²) in [6.07, 6.45) is -4.63. The molecule has 0 aromatic heterocycles. The van der Waals surface area contributed by atoms with Crippen LogP contribution in [-0.4, -0.2) is 30.3 Å². The quantitative estimate of drug-likeness (QED) is 0.727. The average molecular weight is 450 g/mol. The summed E-state index contributed by atoms with van der Waals surface area (Å²) in [7, 11) is 1.42. The zero-order valence-corrected chi connectivity index (χ0v) is 15.7. The molecule has 9 heteroatoms. The van der Waals surface area contributed by atoms with Crippen LogP contribution in [-0.2, 0) is 11.0 Å². The van der Waals surface area contributed by atoms with E-state index in [-0.39, 0.29) is 18.1 Å². The molecule has 0 aliphatic heterocycles. The summed E-state index contributed by atoms with van der Waals surface area (Å²) in [5, 5.41) is 1.87. The lowest BCUT2D eigenvalue weighted by Gasteiger charge is -2.17. The Morgan fingerprint density at radius 2 is 1.77 bits per heavy atom. The number of nitrogens with one attached hydrogen (secondary N) is 1. The van der Waals surface area contributed by atoms with Crippen LogP contribution in [0.2, 0.25) is 5.02 Å². The lowest BCUT2D eigenvalue weighted by atomic mass is 10.2. The van der Waals surface area contributed by atoms with Gasteiger partial charge >= 0.3 is 6.18 Å². The fourth-order valence-electron chi connectivity index (χ4n) is 2.12. The Kier molecular flexibility index (Phi) is 6.30. The number of halogens is 5.